The zero-order valence-corrected chi connectivity index (χ0v) is 13.5. The number of amides is 1. The van der Waals surface area contributed by atoms with Gasteiger partial charge in [0.2, 0.25) is 0 Å². The molecule has 7 nitrogen and oxygen atoms in total. The average Bonchev–Trinajstić information content (AvgIpc) is 3.16. The second kappa shape index (κ2) is 5.98. The van der Waals surface area contributed by atoms with Gasteiger partial charge in [0.15, 0.2) is 6.04 Å². The Bertz CT molecular complexity index is 691. The second-order valence-electron chi connectivity index (χ2n) is 6.81. The number of carbonyl (C=O) groups excluding carboxylic acids is 1. The number of carbonyl (C=O) groups is 1. The lowest BCUT2D eigenvalue weighted by atomic mass is 9.89. The first kappa shape index (κ1) is 15.3. The van der Waals surface area contributed by atoms with Gasteiger partial charge in [-0.25, -0.2) is 4.68 Å². The lowest BCUT2D eigenvalue weighted by Crippen LogP contribution is -2.45. The van der Waals surface area contributed by atoms with Crippen LogP contribution in [-0.4, -0.2) is 54.8 Å². The third kappa shape index (κ3) is 2.80. The number of hydrogen-bond acceptors (Lipinski definition) is 5. The molecule has 2 fully saturated rings. The Morgan fingerprint density at radius 1 is 1.21 bits per heavy atom. The van der Waals surface area contributed by atoms with Crippen LogP contribution in [0.25, 0.3) is 0 Å². The molecule has 1 N–H and O–H groups in total. The molecule has 0 radical (unpaired) electrons. The fraction of sp³-hybridized carbons (Fsp3) is 0.529. The van der Waals surface area contributed by atoms with Crippen LogP contribution >= 0.6 is 0 Å². The highest BCUT2D eigenvalue weighted by molar-refractivity contribution is 5.83. The quantitative estimate of drug-likeness (QED) is 0.906. The highest BCUT2D eigenvalue weighted by Crippen LogP contribution is 2.46. The first-order chi connectivity index (χ1) is 11.7. The molecule has 7 heteroatoms. The minimum absolute atomic E-state index is 0.00902. The third-order valence-electron chi connectivity index (χ3n) is 5.31. The van der Waals surface area contributed by atoms with Gasteiger partial charge >= 0.3 is 0 Å². The Hall–Kier alpha value is -2.28. The molecule has 2 aliphatic rings. The van der Waals surface area contributed by atoms with Gasteiger partial charge in [-0.05, 0) is 47.6 Å². The van der Waals surface area contributed by atoms with Crippen molar-refractivity contribution in [3.05, 3.63) is 42.2 Å². The molecule has 2 heterocycles. The van der Waals surface area contributed by atoms with Crippen molar-refractivity contribution in [2.24, 2.45) is 5.92 Å². The summed E-state index contributed by atoms with van der Waals surface area (Å²) < 4.78 is 1.51. The molecule has 1 aromatic heterocycles. The number of likely N-dealkylation sites (tertiary alicyclic amines) is 1. The van der Waals surface area contributed by atoms with E-state index in [9.17, 15) is 9.90 Å². The van der Waals surface area contributed by atoms with Crippen LogP contribution in [0, 0.1) is 5.92 Å². The van der Waals surface area contributed by atoms with E-state index in [2.05, 4.69) is 15.5 Å². The predicted octanol–water partition coefficient (Wildman–Crippen LogP) is 1.03. The number of hydrogen-bond donors (Lipinski definition) is 1. The zero-order chi connectivity index (χ0) is 16.6. The van der Waals surface area contributed by atoms with Crippen molar-refractivity contribution in [1.82, 2.24) is 25.1 Å². The molecule has 1 saturated heterocycles. The van der Waals surface area contributed by atoms with Crippen molar-refractivity contribution in [3.63, 3.8) is 0 Å². The molecule has 1 saturated carbocycles. The van der Waals surface area contributed by atoms with Gasteiger partial charge in [-0.15, -0.1) is 5.10 Å². The van der Waals surface area contributed by atoms with Crippen LogP contribution in [0.15, 0.2) is 36.7 Å². The van der Waals surface area contributed by atoms with E-state index in [1.165, 1.54) is 11.0 Å². The van der Waals surface area contributed by atoms with E-state index < -0.39 is 11.6 Å². The summed E-state index contributed by atoms with van der Waals surface area (Å²) in [5, 5.41) is 21.6. The van der Waals surface area contributed by atoms with Crippen LogP contribution in [0.3, 0.4) is 0 Å². The SMILES string of the molecule is O=C(C(c1ccccc1)n1cnnn1)N1CCC(C2(O)CC2)CC1. The molecule has 0 bridgehead atoms. The molecule has 126 valence electrons. The smallest absolute Gasteiger partial charge is 0.252 e. The molecule has 1 amide bonds. The number of benzene rings is 1. The van der Waals surface area contributed by atoms with E-state index >= 15 is 0 Å². The van der Waals surface area contributed by atoms with Gasteiger partial charge in [-0.1, -0.05) is 30.3 Å². The number of aromatic nitrogens is 4. The highest BCUT2D eigenvalue weighted by Gasteiger charge is 2.48. The monoisotopic (exact) mass is 327 g/mol. The molecule has 1 aliphatic carbocycles. The van der Waals surface area contributed by atoms with E-state index in [0.29, 0.717) is 19.0 Å². The normalized spacial score (nSPS) is 21.5. The molecular formula is C17H21N5O2. The number of nitrogens with zero attached hydrogens (tertiary/aromatic N) is 5. The van der Waals surface area contributed by atoms with Gasteiger partial charge in [0, 0.05) is 13.1 Å². The van der Waals surface area contributed by atoms with Gasteiger partial charge < -0.3 is 10.0 Å². The fourth-order valence-electron chi connectivity index (χ4n) is 3.68. The number of tetrazole rings is 1. The summed E-state index contributed by atoms with van der Waals surface area (Å²) >= 11 is 0. The first-order valence-corrected chi connectivity index (χ1v) is 8.46. The molecule has 24 heavy (non-hydrogen) atoms. The van der Waals surface area contributed by atoms with Crippen molar-refractivity contribution < 1.29 is 9.90 Å². The van der Waals surface area contributed by atoms with E-state index in [4.69, 9.17) is 0 Å². The maximum absolute atomic E-state index is 13.1. The zero-order valence-electron chi connectivity index (χ0n) is 13.5. The minimum atomic E-state index is -0.540. The summed E-state index contributed by atoms with van der Waals surface area (Å²) in [6.07, 6.45) is 5.01. The Morgan fingerprint density at radius 3 is 2.50 bits per heavy atom. The van der Waals surface area contributed by atoms with Crippen LogP contribution in [0.1, 0.15) is 37.3 Å². The summed E-state index contributed by atoms with van der Waals surface area (Å²) in [6, 6.07) is 9.05. The van der Waals surface area contributed by atoms with E-state index in [1.807, 2.05) is 35.2 Å². The molecule has 1 atom stereocenters. The van der Waals surface area contributed by atoms with Gasteiger partial charge in [-0.3, -0.25) is 4.79 Å². The van der Waals surface area contributed by atoms with Crippen molar-refractivity contribution in [1.29, 1.82) is 0 Å². The summed E-state index contributed by atoms with van der Waals surface area (Å²) in [5.41, 5.74) is 0.418. The fourth-order valence-corrected chi connectivity index (χ4v) is 3.68. The number of aliphatic hydroxyl groups is 1. The molecule has 1 aliphatic heterocycles. The Morgan fingerprint density at radius 2 is 1.92 bits per heavy atom. The number of rotatable bonds is 4. The number of piperidine rings is 1. The Kier molecular flexibility index (Phi) is 3.80. The summed E-state index contributed by atoms with van der Waals surface area (Å²) in [7, 11) is 0. The van der Waals surface area contributed by atoms with E-state index in [1.54, 1.807) is 0 Å². The summed E-state index contributed by atoms with van der Waals surface area (Å²) in [6.45, 7) is 1.36. The molecule has 1 aromatic carbocycles. The van der Waals surface area contributed by atoms with Crippen LogP contribution < -0.4 is 0 Å². The van der Waals surface area contributed by atoms with Gasteiger partial charge in [-0.2, -0.15) is 0 Å². The minimum Gasteiger partial charge on any atom is -0.390 e. The van der Waals surface area contributed by atoms with E-state index in [-0.39, 0.29) is 5.91 Å². The Labute approximate surface area is 140 Å². The summed E-state index contributed by atoms with van der Waals surface area (Å²) in [4.78, 5) is 15.0. The molecule has 2 aromatic rings. The molecule has 4 rings (SSSR count). The van der Waals surface area contributed by atoms with Crippen molar-refractivity contribution >= 4 is 5.91 Å². The molecule has 0 spiro atoms. The maximum atomic E-state index is 13.1. The van der Waals surface area contributed by atoms with Crippen LogP contribution in [0.5, 0.6) is 0 Å². The molecular weight excluding hydrogens is 306 g/mol. The van der Waals surface area contributed by atoms with Crippen LogP contribution in [-0.2, 0) is 4.79 Å². The van der Waals surface area contributed by atoms with Gasteiger partial charge in [0.1, 0.15) is 6.33 Å². The van der Waals surface area contributed by atoms with Gasteiger partial charge in [0.25, 0.3) is 5.91 Å². The average molecular weight is 327 g/mol. The standard InChI is InChI=1S/C17H21N5O2/c23-16(21-10-6-14(7-11-21)17(24)8-9-17)15(22-12-18-19-20-22)13-4-2-1-3-5-13/h1-5,12,14-15,24H,6-11H2. The van der Waals surface area contributed by atoms with Crippen LogP contribution in [0.2, 0.25) is 0 Å². The van der Waals surface area contributed by atoms with Crippen molar-refractivity contribution in [3.8, 4) is 0 Å². The largest absolute Gasteiger partial charge is 0.390 e. The predicted molar refractivity (Wildman–Crippen MR) is 85.9 cm³/mol. The third-order valence-corrected chi connectivity index (χ3v) is 5.31. The Balaban J connectivity index is 1.52. The highest BCUT2D eigenvalue weighted by atomic mass is 16.3. The topological polar surface area (TPSA) is 84.1 Å². The molecule has 1 unspecified atom stereocenters. The van der Waals surface area contributed by atoms with Crippen molar-refractivity contribution in [2.75, 3.05) is 13.1 Å². The summed E-state index contributed by atoms with van der Waals surface area (Å²) in [5.74, 6) is 0.333. The lowest BCUT2D eigenvalue weighted by molar-refractivity contribution is -0.136. The van der Waals surface area contributed by atoms with Crippen molar-refractivity contribution in [2.45, 2.75) is 37.3 Å². The lowest BCUT2D eigenvalue weighted by Gasteiger charge is -2.36. The van der Waals surface area contributed by atoms with Gasteiger partial charge in [0.05, 0.1) is 5.60 Å². The maximum Gasteiger partial charge on any atom is 0.252 e. The van der Waals surface area contributed by atoms with Crippen LogP contribution in [0.4, 0.5) is 0 Å². The van der Waals surface area contributed by atoms with E-state index in [0.717, 1.165) is 31.2 Å². The first-order valence-electron chi connectivity index (χ1n) is 8.46. The second-order valence-corrected chi connectivity index (χ2v) is 6.81.